The number of rotatable bonds is 35. The van der Waals surface area contributed by atoms with Crippen molar-refractivity contribution in [2.75, 3.05) is 13.2 Å². The molecule has 1 saturated heterocycles. The van der Waals surface area contributed by atoms with Crippen molar-refractivity contribution in [3.05, 3.63) is 122 Å². The standard InChI is InChI=1S/C51H81NO8/c1-3-5-7-9-10-11-12-13-14-15-16-17-18-19-20-21-22-23-24-25-26-27-28-29-30-31-32-33-34-35-36-37-39-41-47(55)52-44(45(54)40-38-8-6-4-2)43-59-51-50(58)49(57)48(56)46(42-53)60-51/h5,7,10-11,13-14,16-17,19-20,22-23,25-26,28-29,31-32,38,40,44-46,48-51,53-54,56-58H,3-4,6,8-9,12,15,18,21,24,27,30,33-37,39,41-43H2,1-2H3,(H,52,55)/b7-5-,11-10-,14-13-,17-16-,20-19-,23-22-,26-25-,29-28-,32-31-,40-38+. The van der Waals surface area contributed by atoms with Gasteiger partial charge >= 0.3 is 0 Å². The molecule has 0 aliphatic carbocycles. The second-order valence-electron chi connectivity index (χ2n) is 15.1. The number of ether oxygens (including phenoxy) is 2. The van der Waals surface area contributed by atoms with Crippen molar-refractivity contribution in [3.63, 3.8) is 0 Å². The molecule has 60 heavy (non-hydrogen) atoms. The third-order valence-electron chi connectivity index (χ3n) is 9.79. The molecule has 1 heterocycles. The molecule has 7 unspecified atom stereocenters. The van der Waals surface area contributed by atoms with Crippen molar-refractivity contribution in [3.8, 4) is 0 Å². The minimum absolute atomic E-state index is 0.209. The fourth-order valence-corrected chi connectivity index (χ4v) is 6.13. The number of hydrogen-bond acceptors (Lipinski definition) is 8. The quantitative estimate of drug-likeness (QED) is 0.0273. The molecule has 7 atom stereocenters. The van der Waals surface area contributed by atoms with Gasteiger partial charge in [-0.2, -0.15) is 0 Å². The molecule has 0 aromatic rings. The second kappa shape index (κ2) is 39.7. The Hall–Kier alpha value is -3.41. The van der Waals surface area contributed by atoms with Gasteiger partial charge in [-0.15, -0.1) is 0 Å². The molecule has 1 amide bonds. The summed E-state index contributed by atoms with van der Waals surface area (Å²) in [5.41, 5.74) is 0. The van der Waals surface area contributed by atoms with Crippen LogP contribution in [0, 0.1) is 0 Å². The molecule has 0 bridgehead atoms. The zero-order chi connectivity index (χ0) is 43.7. The number of hydrogen-bond donors (Lipinski definition) is 6. The van der Waals surface area contributed by atoms with Gasteiger partial charge in [0.15, 0.2) is 6.29 Å². The predicted molar refractivity (Wildman–Crippen MR) is 248 cm³/mol. The first-order valence-corrected chi connectivity index (χ1v) is 22.8. The Bertz CT molecular complexity index is 1340. The van der Waals surface area contributed by atoms with Gasteiger partial charge in [0.25, 0.3) is 0 Å². The summed E-state index contributed by atoms with van der Waals surface area (Å²) in [5, 5.41) is 53.5. The zero-order valence-corrected chi connectivity index (χ0v) is 36.9. The van der Waals surface area contributed by atoms with Crippen LogP contribution in [0.15, 0.2) is 122 Å². The summed E-state index contributed by atoms with van der Waals surface area (Å²) in [6.45, 7) is 3.45. The summed E-state index contributed by atoms with van der Waals surface area (Å²) in [5.74, 6) is -0.213. The van der Waals surface area contributed by atoms with Gasteiger partial charge in [0.2, 0.25) is 5.91 Å². The van der Waals surface area contributed by atoms with E-state index in [0.717, 1.165) is 116 Å². The van der Waals surface area contributed by atoms with Crippen molar-refractivity contribution < 1.29 is 39.8 Å². The molecule has 9 heteroatoms. The second-order valence-corrected chi connectivity index (χ2v) is 15.1. The lowest BCUT2D eigenvalue weighted by atomic mass is 9.99. The average Bonchev–Trinajstić information content (AvgIpc) is 3.25. The molecule has 0 spiro atoms. The van der Waals surface area contributed by atoms with Crippen molar-refractivity contribution >= 4 is 5.91 Å². The number of aliphatic hydroxyl groups is 5. The highest BCUT2D eigenvalue weighted by molar-refractivity contribution is 5.76. The van der Waals surface area contributed by atoms with Crippen LogP contribution in [0.25, 0.3) is 0 Å². The van der Waals surface area contributed by atoms with Gasteiger partial charge in [-0.05, 0) is 83.5 Å². The number of unbranched alkanes of at least 4 members (excludes halogenated alkanes) is 7. The van der Waals surface area contributed by atoms with E-state index in [1.807, 2.05) is 6.08 Å². The van der Waals surface area contributed by atoms with Gasteiger partial charge in [0.1, 0.15) is 24.4 Å². The predicted octanol–water partition coefficient (Wildman–Crippen LogP) is 9.66. The molecule has 0 aromatic heterocycles. The Morgan fingerprint density at radius 2 is 1.03 bits per heavy atom. The summed E-state index contributed by atoms with van der Waals surface area (Å²) < 4.78 is 11.1. The van der Waals surface area contributed by atoms with E-state index >= 15 is 0 Å². The van der Waals surface area contributed by atoms with Crippen molar-refractivity contribution in [1.29, 1.82) is 0 Å². The normalized spacial score (nSPS) is 21.8. The smallest absolute Gasteiger partial charge is 0.220 e. The Labute approximate surface area is 363 Å². The number of nitrogens with one attached hydrogen (secondary N) is 1. The lowest BCUT2D eigenvalue weighted by Crippen LogP contribution is -2.60. The van der Waals surface area contributed by atoms with E-state index < -0.39 is 49.5 Å². The molecule has 0 radical (unpaired) electrons. The van der Waals surface area contributed by atoms with Gasteiger partial charge in [-0.25, -0.2) is 0 Å². The summed E-state index contributed by atoms with van der Waals surface area (Å²) >= 11 is 0. The molecule has 6 N–H and O–H groups in total. The van der Waals surface area contributed by atoms with Crippen LogP contribution < -0.4 is 5.32 Å². The number of aliphatic hydroxyl groups excluding tert-OH is 5. The third kappa shape index (κ3) is 29.8. The number of amides is 1. The minimum Gasteiger partial charge on any atom is -0.394 e. The molecule has 0 aromatic carbocycles. The lowest BCUT2D eigenvalue weighted by Gasteiger charge is -2.40. The topological polar surface area (TPSA) is 149 Å². The first kappa shape index (κ1) is 54.6. The molecule has 0 saturated carbocycles. The maximum atomic E-state index is 12.8. The summed E-state index contributed by atoms with van der Waals surface area (Å²) in [6, 6.07) is -0.820. The molecule has 338 valence electrons. The Morgan fingerprint density at radius 1 is 0.583 bits per heavy atom. The van der Waals surface area contributed by atoms with Gasteiger partial charge in [-0.1, -0.05) is 167 Å². The van der Waals surface area contributed by atoms with Gasteiger partial charge in [-0.3, -0.25) is 4.79 Å². The molecule has 1 aliphatic rings. The van der Waals surface area contributed by atoms with Crippen LogP contribution in [0.2, 0.25) is 0 Å². The molecular formula is C51H81NO8. The van der Waals surface area contributed by atoms with Crippen LogP contribution in [-0.4, -0.2) is 87.5 Å². The van der Waals surface area contributed by atoms with Crippen LogP contribution in [0.4, 0.5) is 0 Å². The van der Waals surface area contributed by atoms with Crippen LogP contribution in [0.5, 0.6) is 0 Å². The maximum absolute atomic E-state index is 12.8. The van der Waals surface area contributed by atoms with E-state index in [-0.39, 0.29) is 12.5 Å². The first-order chi connectivity index (χ1) is 29.3. The highest BCUT2D eigenvalue weighted by Crippen LogP contribution is 2.22. The van der Waals surface area contributed by atoms with E-state index in [1.165, 1.54) is 0 Å². The van der Waals surface area contributed by atoms with Crippen LogP contribution in [0.1, 0.15) is 136 Å². The monoisotopic (exact) mass is 836 g/mol. The van der Waals surface area contributed by atoms with Crippen LogP contribution in [0.3, 0.4) is 0 Å². The van der Waals surface area contributed by atoms with Crippen molar-refractivity contribution in [2.24, 2.45) is 0 Å². The summed E-state index contributed by atoms with van der Waals surface area (Å²) in [6.07, 6.45) is 53.2. The summed E-state index contributed by atoms with van der Waals surface area (Å²) in [4.78, 5) is 12.8. The van der Waals surface area contributed by atoms with E-state index in [0.29, 0.717) is 6.42 Å². The number of carbonyl (C=O) groups excluding carboxylic acids is 1. The largest absolute Gasteiger partial charge is 0.394 e. The highest BCUT2D eigenvalue weighted by Gasteiger charge is 2.44. The molecule has 1 fully saturated rings. The number of allylic oxidation sites excluding steroid dienone is 19. The molecular weight excluding hydrogens is 755 g/mol. The van der Waals surface area contributed by atoms with Gasteiger partial charge in [0, 0.05) is 6.42 Å². The first-order valence-electron chi connectivity index (χ1n) is 22.8. The van der Waals surface area contributed by atoms with E-state index in [1.54, 1.807) is 6.08 Å². The minimum atomic E-state index is -1.57. The average molecular weight is 836 g/mol. The Morgan fingerprint density at radius 3 is 1.52 bits per heavy atom. The SMILES string of the molecule is CC/C=C\C/C=C\C/C=C\C/C=C\C/C=C\C/C=C\C/C=C\C/C=C\C/C=C\CCCCCCCC(=O)NC(COC1OC(CO)C(O)C(O)C1O)C(O)/C=C/CCCC. The Balaban J connectivity index is 2.15. The molecule has 1 aliphatic heterocycles. The van der Waals surface area contributed by atoms with Gasteiger partial charge < -0.3 is 40.3 Å². The van der Waals surface area contributed by atoms with Crippen molar-refractivity contribution in [2.45, 2.75) is 179 Å². The van der Waals surface area contributed by atoms with E-state index in [9.17, 15) is 30.3 Å². The van der Waals surface area contributed by atoms with E-state index in [4.69, 9.17) is 9.47 Å². The van der Waals surface area contributed by atoms with Gasteiger partial charge in [0.05, 0.1) is 25.4 Å². The van der Waals surface area contributed by atoms with E-state index in [2.05, 4.69) is 129 Å². The fraction of sp³-hybridized carbons (Fsp3) is 0.588. The number of carbonyl (C=O) groups is 1. The van der Waals surface area contributed by atoms with Crippen molar-refractivity contribution in [1.82, 2.24) is 5.32 Å². The third-order valence-corrected chi connectivity index (χ3v) is 9.79. The molecule has 1 rings (SSSR count). The summed E-state index contributed by atoms with van der Waals surface area (Å²) in [7, 11) is 0. The van der Waals surface area contributed by atoms with Crippen LogP contribution in [-0.2, 0) is 14.3 Å². The zero-order valence-electron chi connectivity index (χ0n) is 36.9. The maximum Gasteiger partial charge on any atom is 0.220 e. The lowest BCUT2D eigenvalue weighted by molar-refractivity contribution is -0.302. The Kier molecular flexibility index (Phi) is 36.1. The molecule has 9 nitrogen and oxygen atoms in total. The fourth-order valence-electron chi connectivity index (χ4n) is 6.13. The van der Waals surface area contributed by atoms with Crippen LogP contribution >= 0.6 is 0 Å². The highest BCUT2D eigenvalue weighted by atomic mass is 16.7.